The van der Waals surface area contributed by atoms with E-state index in [0.29, 0.717) is 0 Å². The summed E-state index contributed by atoms with van der Waals surface area (Å²) in [5, 5.41) is 10.2. The molecule has 0 radical (unpaired) electrons. The third-order valence-electron chi connectivity index (χ3n) is 2.15. The largest absolute Gasteiger partial charge is 0.465 e. The summed E-state index contributed by atoms with van der Waals surface area (Å²) in [4.78, 5) is 31.4. The summed E-state index contributed by atoms with van der Waals surface area (Å²) in [6.45, 7) is 0.351. The Morgan fingerprint density at radius 1 is 1.39 bits per heavy atom. The zero-order valence-corrected chi connectivity index (χ0v) is 9.69. The van der Waals surface area contributed by atoms with Crippen LogP contribution in [0.25, 0.3) is 0 Å². The number of halogens is 3. The lowest BCUT2D eigenvalue weighted by atomic mass is 9.88. The van der Waals surface area contributed by atoms with Crippen LogP contribution in [0.5, 0.6) is 0 Å². The molecule has 0 aromatic rings. The van der Waals surface area contributed by atoms with Crippen LogP contribution in [0.4, 0.5) is 13.2 Å². The monoisotopic (exact) mass is 271 g/mol. The molecule has 0 saturated carbocycles. The predicted molar refractivity (Wildman–Crippen MR) is 52.2 cm³/mol. The third-order valence-corrected chi connectivity index (χ3v) is 2.15. The summed E-state index contributed by atoms with van der Waals surface area (Å²) in [6.07, 6.45) is -5.03. The first-order valence-electron chi connectivity index (χ1n) is 4.96. The Hall–Kier alpha value is -1.67. The lowest BCUT2D eigenvalue weighted by Crippen LogP contribution is -2.43. The first-order valence-corrected chi connectivity index (χ1v) is 4.96. The van der Waals surface area contributed by atoms with Gasteiger partial charge in [0.1, 0.15) is 17.6 Å². The number of ketones is 1. The van der Waals surface area contributed by atoms with Crippen molar-refractivity contribution in [1.82, 2.24) is 0 Å². The first kappa shape index (κ1) is 16.3. The molecule has 104 valence electrons. The van der Waals surface area contributed by atoms with Crippen LogP contribution in [0.2, 0.25) is 0 Å². The van der Waals surface area contributed by atoms with Crippen LogP contribution < -0.4 is 0 Å². The summed E-state index contributed by atoms with van der Waals surface area (Å²) >= 11 is 0. The molecule has 0 aromatic carbocycles. The van der Waals surface area contributed by atoms with E-state index in [-0.39, 0.29) is 6.61 Å². The molecule has 0 spiro atoms. The fraction of sp³-hybridized carbons (Fsp3) is 0.778. The number of nitro groups is 1. The average molecular weight is 271 g/mol. The molecular formula is C9H12F3NO5. The molecule has 0 unspecified atom stereocenters. The zero-order chi connectivity index (χ0) is 14.5. The minimum atomic E-state index is -5.03. The van der Waals surface area contributed by atoms with Crippen LogP contribution in [0.1, 0.15) is 13.8 Å². The van der Waals surface area contributed by atoms with E-state index in [0.717, 1.165) is 6.92 Å². The topological polar surface area (TPSA) is 86.5 Å². The highest BCUT2D eigenvalue weighted by Crippen LogP contribution is 2.33. The number of rotatable bonds is 6. The number of alkyl halides is 3. The molecule has 0 heterocycles. The van der Waals surface area contributed by atoms with E-state index in [1.54, 1.807) is 0 Å². The number of hydrogen-bond acceptors (Lipinski definition) is 5. The third kappa shape index (κ3) is 4.68. The van der Waals surface area contributed by atoms with E-state index in [4.69, 9.17) is 0 Å². The summed E-state index contributed by atoms with van der Waals surface area (Å²) in [7, 11) is 0. The Morgan fingerprint density at radius 2 is 1.89 bits per heavy atom. The molecule has 0 saturated heterocycles. The maximum absolute atomic E-state index is 12.6. The first-order chi connectivity index (χ1) is 8.11. The molecule has 0 aromatic heterocycles. The smallest absolute Gasteiger partial charge is 0.399 e. The highest BCUT2D eigenvalue weighted by Gasteiger charge is 2.53. The van der Waals surface area contributed by atoms with Gasteiger partial charge in [0.05, 0.1) is 6.61 Å². The normalized spacial score (nSPS) is 14.7. The standard InChI is InChI=1S/C9H12F3NO5/c1-3-18-8(15)7(5(2)14)6(4-13(16)17)9(10,11)12/h6-7H,3-4H2,1-2H3/t6-,7+/m0/s1. The van der Waals surface area contributed by atoms with Gasteiger partial charge in [0.15, 0.2) is 0 Å². The molecule has 9 heteroatoms. The van der Waals surface area contributed by atoms with Gasteiger partial charge in [0.25, 0.3) is 0 Å². The lowest BCUT2D eigenvalue weighted by Gasteiger charge is -2.22. The fourth-order valence-corrected chi connectivity index (χ4v) is 1.40. The summed E-state index contributed by atoms with van der Waals surface area (Å²) in [5.41, 5.74) is 0. The van der Waals surface area contributed by atoms with Gasteiger partial charge in [-0.2, -0.15) is 13.2 Å². The van der Waals surface area contributed by atoms with Crippen LogP contribution in [0, 0.1) is 22.0 Å². The Morgan fingerprint density at radius 3 is 2.17 bits per heavy atom. The second kappa shape index (κ2) is 6.31. The van der Waals surface area contributed by atoms with Crippen molar-refractivity contribution >= 4 is 11.8 Å². The van der Waals surface area contributed by atoms with Crippen molar-refractivity contribution in [3.05, 3.63) is 10.1 Å². The van der Waals surface area contributed by atoms with Crippen molar-refractivity contribution in [2.75, 3.05) is 13.2 Å². The van der Waals surface area contributed by atoms with Gasteiger partial charge < -0.3 is 4.74 Å². The van der Waals surface area contributed by atoms with E-state index < -0.39 is 41.2 Å². The van der Waals surface area contributed by atoms with Gasteiger partial charge in [0, 0.05) is 4.92 Å². The number of nitrogens with zero attached hydrogens (tertiary/aromatic N) is 1. The molecule has 2 atom stereocenters. The molecule has 6 nitrogen and oxygen atoms in total. The molecule has 0 N–H and O–H groups in total. The predicted octanol–water partition coefficient (Wildman–Crippen LogP) is 1.21. The molecule has 0 rings (SSSR count). The Kier molecular flexibility index (Phi) is 5.73. The maximum Gasteiger partial charge on any atom is 0.399 e. The molecule has 0 fully saturated rings. The zero-order valence-electron chi connectivity index (χ0n) is 9.69. The molecule has 0 bridgehead atoms. The van der Waals surface area contributed by atoms with Gasteiger partial charge >= 0.3 is 12.1 Å². The molecule has 18 heavy (non-hydrogen) atoms. The van der Waals surface area contributed by atoms with Crippen LogP contribution in [-0.4, -0.2) is 36.0 Å². The number of ether oxygens (including phenoxy) is 1. The molecule has 0 aliphatic heterocycles. The molecular weight excluding hydrogens is 259 g/mol. The number of esters is 1. The van der Waals surface area contributed by atoms with E-state index >= 15 is 0 Å². The van der Waals surface area contributed by atoms with E-state index in [9.17, 15) is 32.9 Å². The van der Waals surface area contributed by atoms with Crippen molar-refractivity contribution in [2.24, 2.45) is 11.8 Å². The van der Waals surface area contributed by atoms with Gasteiger partial charge in [-0.1, -0.05) is 0 Å². The van der Waals surface area contributed by atoms with Crippen molar-refractivity contribution in [3.63, 3.8) is 0 Å². The molecule has 0 amide bonds. The summed E-state index contributed by atoms with van der Waals surface area (Å²) in [6, 6.07) is 0. The number of carbonyl (C=O) groups excluding carboxylic acids is 2. The minimum absolute atomic E-state index is 0.217. The highest BCUT2D eigenvalue weighted by molar-refractivity contribution is 5.98. The Balaban J connectivity index is 5.29. The van der Waals surface area contributed by atoms with Crippen LogP contribution in [-0.2, 0) is 14.3 Å². The van der Waals surface area contributed by atoms with Crippen molar-refractivity contribution in [2.45, 2.75) is 20.0 Å². The van der Waals surface area contributed by atoms with E-state index in [2.05, 4.69) is 4.74 Å². The van der Waals surface area contributed by atoms with Gasteiger partial charge in [-0.25, -0.2) is 0 Å². The Bertz CT molecular complexity index is 342. The molecule has 0 aliphatic rings. The van der Waals surface area contributed by atoms with Crippen molar-refractivity contribution < 1.29 is 32.4 Å². The lowest BCUT2D eigenvalue weighted by molar-refractivity contribution is -0.498. The number of Topliss-reactive ketones (excluding diaryl/α,β-unsaturated/α-hetero) is 1. The highest BCUT2D eigenvalue weighted by atomic mass is 19.4. The van der Waals surface area contributed by atoms with Crippen molar-refractivity contribution in [1.29, 1.82) is 0 Å². The van der Waals surface area contributed by atoms with Gasteiger partial charge in [-0.05, 0) is 13.8 Å². The van der Waals surface area contributed by atoms with Crippen molar-refractivity contribution in [3.8, 4) is 0 Å². The SMILES string of the molecule is CCOC(=O)[C@H](C(C)=O)[C@H](C[N+](=O)[O-])C(F)(F)F. The number of carbonyl (C=O) groups is 2. The fourth-order valence-electron chi connectivity index (χ4n) is 1.40. The van der Waals surface area contributed by atoms with Crippen LogP contribution >= 0.6 is 0 Å². The van der Waals surface area contributed by atoms with Crippen LogP contribution in [0.3, 0.4) is 0 Å². The second-order valence-electron chi connectivity index (χ2n) is 3.50. The number of hydrogen-bond donors (Lipinski definition) is 0. The van der Waals surface area contributed by atoms with Gasteiger partial charge in [0.2, 0.25) is 6.54 Å². The van der Waals surface area contributed by atoms with Crippen LogP contribution in [0.15, 0.2) is 0 Å². The second-order valence-corrected chi connectivity index (χ2v) is 3.50. The van der Waals surface area contributed by atoms with Gasteiger partial charge in [-0.3, -0.25) is 19.7 Å². The van der Waals surface area contributed by atoms with E-state index in [1.165, 1.54) is 6.92 Å². The average Bonchev–Trinajstić information content (AvgIpc) is 2.14. The summed E-state index contributed by atoms with van der Waals surface area (Å²) < 4.78 is 42.2. The maximum atomic E-state index is 12.6. The van der Waals surface area contributed by atoms with E-state index in [1.807, 2.05) is 0 Å². The quantitative estimate of drug-likeness (QED) is 0.313. The van der Waals surface area contributed by atoms with Gasteiger partial charge in [-0.15, -0.1) is 0 Å². The molecule has 0 aliphatic carbocycles. The minimum Gasteiger partial charge on any atom is -0.465 e. The summed E-state index contributed by atoms with van der Waals surface area (Å²) in [5.74, 6) is -7.38. The Labute approximate surface area is 100 Å².